The Morgan fingerprint density at radius 2 is 2.50 bits per heavy atom. The Morgan fingerprint density at radius 3 is 3.08 bits per heavy atom. The second-order valence-electron chi connectivity index (χ2n) is 2.05. The number of carbonyl (C=O) groups excluding carboxylic acids is 1. The van der Waals surface area contributed by atoms with Gasteiger partial charge in [-0.1, -0.05) is 11.2 Å². The summed E-state index contributed by atoms with van der Waals surface area (Å²) in [4.78, 5) is 14.9. The second kappa shape index (κ2) is 2.86. The maximum atomic E-state index is 10.2. The Hall–Kier alpha value is -1.49. The van der Waals surface area contributed by atoms with Crippen LogP contribution >= 0.6 is 11.3 Å². The number of hydrogen-bond acceptors (Lipinski definition) is 5. The van der Waals surface area contributed by atoms with Crippen molar-refractivity contribution in [1.82, 2.24) is 10.1 Å². The predicted molar refractivity (Wildman–Crippen MR) is 43.0 cm³/mol. The quantitative estimate of drug-likeness (QED) is 0.659. The van der Waals surface area contributed by atoms with Crippen LogP contribution in [0.25, 0.3) is 10.8 Å². The number of aldehydes is 1. The number of aromatic nitrogens is 2. The average molecular weight is 180 g/mol. The summed E-state index contributed by atoms with van der Waals surface area (Å²) in [7, 11) is 0. The van der Waals surface area contributed by atoms with Gasteiger partial charge >= 0.3 is 0 Å². The van der Waals surface area contributed by atoms with Crippen molar-refractivity contribution in [1.29, 1.82) is 0 Å². The van der Waals surface area contributed by atoms with Gasteiger partial charge in [0.05, 0.1) is 4.88 Å². The summed E-state index contributed by atoms with van der Waals surface area (Å²) in [5.41, 5.74) is 0. The summed E-state index contributed by atoms with van der Waals surface area (Å²) in [5, 5.41) is 5.35. The van der Waals surface area contributed by atoms with Gasteiger partial charge in [0.2, 0.25) is 5.82 Å². The van der Waals surface area contributed by atoms with E-state index in [0.717, 1.165) is 4.88 Å². The molecule has 0 atom stereocenters. The van der Waals surface area contributed by atoms with Gasteiger partial charge in [-0.05, 0) is 11.4 Å². The molecule has 0 fully saturated rings. The Labute approximate surface area is 71.8 Å². The summed E-state index contributed by atoms with van der Waals surface area (Å²) >= 11 is 1.49. The topological polar surface area (TPSA) is 56.0 Å². The van der Waals surface area contributed by atoms with Crippen LogP contribution in [0.5, 0.6) is 0 Å². The van der Waals surface area contributed by atoms with Crippen LogP contribution in [0.4, 0.5) is 0 Å². The van der Waals surface area contributed by atoms with Gasteiger partial charge in [-0.15, -0.1) is 11.3 Å². The molecule has 0 saturated carbocycles. The zero-order valence-corrected chi connectivity index (χ0v) is 6.75. The highest BCUT2D eigenvalue weighted by Gasteiger charge is 2.07. The molecule has 0 aliphatic heterocycles. The van der Waals surface area contributed by atoms with Crippen LogP contribution in [0.15, 0.2) is 22.0 Å². The van der Waals surface area contributed by atoms with E-state index >= 15 is 0 Å². The van der Waals surface area contributed by atoms with Crippen molar-refractivity contribution in [3.63, 3.8) is 0 Å². The third-order valence-corrected chi connectivity index (χ3v) is 2.14. The summed E-state index contributed by atoms with van der Waals surface area (Å²) in [6, 6.07) is 3.73. The van der Waals surface area contributed by atoms with Crippen LogP contribution in [0.1, 0.15) is 10.6 Å². The van der Waals surface area contributed by atoms with E-state index in [2.05, 4.69) is 10.1 Å². The van der Waals surface area contributed by atoms with E-state index in [0.29, 0.717) is 12.2 Å². The lowest BCUT2D eigenvalue weighted by Gasteiger charge is -1.80. The largest absolute Gasteiger partial charge is 0.333 e. The van der Waals surface area contributed by atoms with Gasteiger partial charge in [-0.25, -0.2) is 0 Å². The Morgan fingerprint density at radius 1 is 1.58 bits per heavy atom. The van der Waals surface area contributed by atoms with Gasteiger partial charge in [0.15, 0.2) is 6.29 Å². The lowest BCUT2D eigenvalue weighted by molar-refractivity contribution is 0.111. The van der Waals surface area contributed by atoms with Gasteiger partial charge in [0.1, 0.15) is 0 Å². The third-order valence-electron chi connectivity index (χ3n) is 1.28. The molecule has 0 radical (unpaired) electrons. The Balaban J connectivity index is 2.41. The molecular formula is C7H4N2O2S. The van der Waals surface area contributed by atoms with Crippen molar-refractivity contribution >= 4 is 17.6 Å². The molecule has 0 bridgehead atoms. The Kier molecular flexibility index (Phi) is 1.71. The van der Waals surface area contributed by atoms with Gasteiger partial charge in [0.25, 0.3) is 5.89 Å². The highest BCUT2D eigenvalue weighted by Crippen LogP contribution is 2.21. The molecule has 2 aromatic heterocycles. The molecule has 0 spiro atoms. The summed E-state index contributed by atoms with van der Waals surface area (Å²) in [5.74, 6) is 0.477. The molecule has 2 aromatic rings. The first-order valence-electron chi connectivity index (χ1n) is 3.23. The number of nitrogens with zero attached hydrogens (tertiary/aromatic N) is 2. The zero-order chi connectivity index (χ0) is 8.39. The molecule has 5 heteroatoms. The standard InChI is InChI=1S/C7H4N2O2S/c10-4-6-8-7(11-9-6)5-2-1-3-12-5/h1-4H. The van der Waals surface area contributed by atoms with Crippen molar-refractivity contribution in [3.05, 3.63) is 23.3 Å². The first-order valence-corrected chi connectivity index (χ1v) is 4.11. The van der Waals surface area contributed by atoms with E-state index in [9.17, 15) is 4.79 Å². The third kappa shape index (κ3) is 1.14. The lowest BCUT2D eigenvalue weighted by Crippen LogP contribution is -1.80. The molecule has 2 heterocycles. The number of carbonyl (C=O) groups is 1. The van der Waals surface area contributed by atoms with Crippen molar-refractivity contribution in [2.45, 2.75) is 0 Å². The molecule has 0 amide bonds. The van der Waals surface area contributed by atoms with Crippen molar-refractivity contribution in [3.8, 4) is 10.8 Å². The van der Waals surface area contributed by atoms with Crippen LogP contribution in [0.2, 0.25) is 0 Å². The van der Waals surface area contributed by atoms with Crippen molar-refractivity contribution < 1.29 is 9.32 Å². The molecule has 4 nitrogen and oxygen atoms in total. The summed E-state index contributed by atoms with van der Waals surface area (Å²) in [6.07, 6.45) is 0.556. The molecule has 0 aliphatic carbocycles. The van der Waals surface area contributed by atoms with Crippen LogP contribution in [0.3, 0.4) is 0 Å². The van der Waals surface area contributed by atoms with Crippen LogP contribution < -0.4 is 0 Å². The Bertz CT molecular complexity index is 380. The average Bonchev–Trinajstić information content (AvgIpc) is 2.75. The molecule has 0 unspecified atom stereocenters. The molecule has 12 heavy (non-hydrogen) atoms. The fourth-order valence-electron chi connectivity index (χ4n) is 0.783. The fraction of sp³-hybridized carbons (Fsp3) is 0. The SMILES string of the molecule is O=Cc1noc(-c2cccs2)n1. The maximum absolute atomic E-state index is 10.2. The molecule has 2 rings (SSSR count). The van der Waals surface area contributed by atoms with E-state index < -0.39 is 0 Å². The molecule has 60 valence electrons. The van der Waals surface area contributed by atoms with Gasteiger partial charge in [-0.3, -0.25) is 4.79 Å². The smallest absolute Gasteiger partial charge is 0.268 e. The van der Waals surface area contributed by atoms with Gasteiger partial charge in [0, 0.05) is 0 Å². The van der Waals surface area contributed by atoms with Crippen molar-refractivity contribution in [2.24, 2.45) is 0 Å². The molecule has 0 aromatic carbocycles. The van der Waals surface area contributed by atoms with Crippen LogP contribution in [-0.2, 0) is 0 Å². The minimum Gasteiger partial charge on any atom is -0.333 e. The number of thiophene rings is 1. The minimum atomic E-state index is 0.0819. The summed E-state index contributed by atoms with van der Waals surface area (Å²) < 4.78 is 4.82. The van der Waals surface area contributed by atoms with Crippen LogP contribution in [0, 0.1) is 0 Å². The first kappa shape index (κ1) is 7.17. The zero-order valence-electron chi connectivity index (χ0n) is 5.93. The van der Waals surface area contributed by atoms with Crippen molar-refractivity contribution in [2.75, 3.05) is 0 Å². The first-order chi connectivity index (χ1) is 5.90. The number of rotatable bonds is 2. The number of hydrogen-bond donors (Lipinski definition) is 0. The van der Waals surface area contributed by atoms with E-state index in [4.69, 9.17) is 4.52 Å². The van der Waals surface area contributed by atoms with E-state index in [1.54, 1.807) is 0 Å². The highest BCUT2D eigenvalue weighted by molar-refractivity contribution is 7.13. The molecular weight excluding hydrogens is 176 g/mol. The monoisotopic (exact) mass is 180 g/mol. The maximum Gasteiger partial charge on any atom is 0.268 e. The molecule has 0 aliphatic rings. The minimum absolute atomic E-state index is 0.0819. The highest BCUT2D eigenvalue weighted by atomic mass is 32.1. The second-order valence-corrected chi connectivity index (χ2v) is 3.00. The molecule has 0 N–H and O–H groups in total. The normalized spacial score (nSPS) is 10.0. The van der Waals surface area contributed by atoms with Crippen LogP contribution in [-0.4, -0.2) is 16.4 Å². The summed E-state index contributed by atoms with van der Waals surface area (Å²) in [6.45, 7) is 0. The lowest BCUT2D eigenvalue weighted by atomic mass is 10.5. The van der Waals surface area contributed by atoms with Gasteiger partial charge in [-0.2, -0.15) is 4.98 Å². The van der Waals surface area contributed by atoms with E-state index in [1.807, 2.05) is 17.5 Å². The predicted octanol–water partition coefficient (Wildman–Crippen LogP) is 1.61. The molecule has 0 saturated heterocycles. The van der Waals surface area contributed by atoms with E-state index in [1.165, 1.54) is 11.3 Å². The fourth-order valence-corrected chi connectivity index (χ4v) is 1.43. The van der Waals surface area contributed by atoms with E-state index in [-0.39, 0.29) is 5.82 Å². The van der Waals surface area contributed by atoms with Gasteiger partial charge < -0.3 is 4.52 Å².